The number of aromatic nitrogens is 1. The van der Waals surface area contributed by atoms with Crippen LogP contribution in [0.2, 0.25) is 0 Å². The number of pyridine rings is 1. The first-order valence-electron chi connectivity index (χ1n) is 13.3. The lowest BCUT2D eigenvalue weighted by Crippen LogP contribution is -2.24. The monoisotopic (exact) mass is 575 g/mol. The van der Waals surface area contributed by atoms with Gasteiger partial charge in [0.25, 0.3) is 5.56 Å². The predicted octanol–water partition coefficient (Wildman–Crippen LogP) is 6.58. The molecule has 0 amide bonds. The van der Waals surface area contributed by atoms with Gasteiger partial charge in [0, 0.05) is 62.2 Å². The molecule has 4 rings (SSSR count). The number of benzene rings is 3. The highest BCUT2D eigenvalue weighted by Crippen LogP contribution is 2.36. The van der Waals surface area contributed by atoms with Crippen molar-refractivity contribution in [1.82, 2.24) is 4.57 Å². The van der Waals surface area contributed by atoms with Crippen LogP contribution >= 0.6 is 0 Å². The Bertz CT molecular complexity index is 1740. The Morgan fingerprint density at radius 2 is 1.28 bits per heavy atom. The van der Waals surface area contributed by atoms with Crippen LogP contribution in [0.3, 0.4) is 0 Å². The maximum absolute atomic E-state index is 12.6. The van der Waals surface area contributed by atoms with Crippen molar-refractivity contribution in [2.45, 2.75) is 6.92 Å². The van der Waals surface area contributed by atoms with Crippen LogP contribution in [0.25, 0.3) is 18.0 Å². The SMILES string of the molecule is C=C(OO)n1c(O)c(C=C=Cc2ccc(N(c3ccc(N(C)C)cc3)c3ccc(N(C)C)cc3)cc2)c(C)c(C#N)c1=O. The Hall–Kier alpha value is -5.68. The molecule has 0 radical (unpaired) electrons. The van der Waals surface area contributed by atoms with Crippen LogP contribution in [0.4, 0.5) is 28.4 Å². The van der Waals surface area contributed by atoms with Gasteiger partial charge in [-0.15, -0.1) is 5.73 Å². The summed E-state index contributed by atoms with van der Waals surface area (Å²) in [5.74, 6) is -1.07. The van der Waals surface area contributed by atoms with Crippen molar-refractivity contribution in [3.05, 3.63) is 118 Å². The molecule has 2 N–H and O–H groups in total. The molecule has 9 nitrogen and oxygen atoms in total. The Morgan fingerprint density at radius 3 is 1.70 bits per heavy atom. The molecule has 0 bridgehead atoms. The summed E-state index contributed by atoms with van der Waals surface area (Å²) in [5, 5.41) is 29.1. The zero-order valence-corrected chi connectivity index (χ0v) is 24.7. The molecule has 0 fully saturated rings. The lowest BCUT2D eigenvalue weighted by molar-refractivity contribution is -0.176. The highest BCUT2D eigenvalue weighted by atomic mass is 17.1. The van der Waals surface area contributed by atoms with E-state index in [9.17, 15) is 15.2 Å². The van der Waals surface area contributed by atoms with Crippen molar-refractivity contribution >= 4 is 46.5 Å². The van der Waals surface area contributed by atoms with Gasteiger partial charge in [0.1, 0.15) is 11.6 Å². The quantitative estimate of drug-likeness (QED) is 0.0998. The third kappa shape index (κ3) is 6.31. The van der Waals surface area contributed by atoms with E-state index >= 15 is 0 Å². The van der Waals surface area contributed by atoms with E-state index < -0.39 is 17.3 Å². The number of hydrogen-bond acceptors (Lipinski definition) is 8. The third-order valence-electron chi connectivity index (χ3n) is 6.99. The molecule has 0 saturated heterocycles. The van der Waals surface area contributed by atoms with Gasteiger partial charge in [0.15, 0.2) is 0 Å². The van der Waals surface area contributed by atoms with Crippen LogP contribution in [0.1, 0.15) is 22.3 Å². The lowest BCUT2D eigenvalue weighted by Gasteiger charge is -2.27. The second-order valence-corrected chi connectivity index (χ2v) is 10.2. The van der Waals surface area contributed by atoms with Gasteiger partial charge in [0.2, 0.25) is 11.8 Å². The van der Waals surface area contributed by atoms with Gasteiger partial charge < -0.3 is 24.7 Å². The minimum Gasteiger partial charge on any atom is -0.494 e. The molecule has 4 aromatic rings. The molecule has 0 aliphatic carbocycles. The normalized spacial score (nSPS) is 10.3. The number of nitriles is 1. The molecule has 3 aromatic carbocycles. The largest absolute Gasteiger partial charge is 0.494 e. The Balaban J connectivity index is 1.71. The fourth-order valence-electron chi connectivity index (χ4n) is 4.56. The van der Waals surface area contributed by atoms with Crippen molar-refractivity contribution < 1.29 is 15.3 Å². The first-order chi connectivity index (χ1) is 20.6. The molecular formula is C34H33N5O4. The first kappa shape index (κ1) is 30.3. The van der Waals surface area contributed by atoms with E-state index in [0.29, 0.717) is 4.57 Å². The fraction of sp³-hybridized carbons (Fsp3) is 0.147. The maximum Gasteiger partial charge on any atom is 0.278 e. The highest BCUT2D eigenvalue weighted by molar-refractivity contribution is 5.79. The van der Waals surface area contributed by atoms with Gasteiger partial charge >= 0.3 is 0 Å². The third-order valence-corrected chi connectivity index (χ3v) is 6.99. The second kappa shape index (κ2) is 12.9. The summed E-state index contributed by atoms with van der Waals surface area (Å²) in [6.07, 6.45) is 3.16. The Kier molecular flexibility index (Phi) is 9.07. The zero-order chi connectivity index (χ0) is 31.3. The van der Waals surface area contributed by atoms with E-state index in [2.05, 4.69) is 80.4 Å². The van der Waals surface area contributed by atoms with Gasteiger partial charge in [-0.05, 0) is 97.4 Å². The van der Waals surface area contributed by atoms with Crippen molar-refractivity contribution in [1.29, 1.82) is 5.26 Å². The summed E-state index contributed by atoms with van der Waals surface area (Å²) in [4.78, 5) is 22.9. The zero-order valence-electron chi connectivity index (χ0n) is 24.7. The number of nitrogens with zero attached hydrogens (tertiary/aromatic N) is 5. The molecule has 0 saturated carbocycles. The molecule has 0 aliphatic heterocycles. The predicted molar refractivity (Wildman–Crippen MR) is 173 cm³/mol. The van der Waals surface area contributed by atoms with E-state index in [1.165, 1.54) is 6.08 Å². The van der Waals surface area contributed by atoms with Crippen molar-refractivity contribution in [2.75, 3.05) is 42.9 Å². The highest BCUT2D eigenvalue weighted by Gasteiger charge is 2.20. The molecule has 43 heavy (non-hydrogen) atoms. The summed E-state index contributed by atoms with van der Waals surface area (Å²) in [6.45, 7) is 4.94. The van der Waals surface area contributed by atoms with Crippen LogP contribution in [-0.4, -0.2) is 43.1 Å². The summed E-state index contributed by atoms with van der Waals surface area (Å²) in [5.41, 5.74) is 8.37. The average Bonchev–Trinajstić information content (AvgIpc) is 3.00. The molecule has 0 unspecified atom stereocenters. The summed E-state index contributed by atoms with van der Waals surface area (Å²) in [6, 6.07) is 26.4. The molecule has 1 heterocycles. The van der Waals surface area contributed by atoms with E-state index in [4.69, 9.17) is 5.26 Å². The van der Waals surface area contributed by atoms with Gasteiger partial charge in [-0.25, -0.2) is 9.82 Å². The minimum atomic E-state index is -0.856. The van der Waals surface area contributed by atoms with Crippen molar-refractivity contribution in [3.8, 4) is 11.9 Å². The topological polar surface area (TPSA) is 105 Å². The Labute approximate surface area is 250 Å². The average molecular weight is 576 g/mol. The van der Waals surface area contributed by atoms with Crippen LogP contribution in [0.5, 0.6) is 5.88 Å². The molecule has 0 atom stereocenters. The number of aromatic hydroxyl groups is 1. The number of rotatable bonds is 9. The summed E-state index contributed by atoms with van der Waals surface area (Å²) >= 11 is 0. The number of hydrogen-bond donors (Lipinski definition) is 2. The smallest absolute Gasteiger partial charge is 0.278 e. The van der Waals surface area contributed by atoms with Crippen molar-refractivity contribution in [2.24, 2.45) is 0 Å². The van der Waals surface area contributed by atoms with E-state index in [1.54, 1.807) is 13.0 Å². The van der Waals surface area contributed by atoms with E-state index in [-0.39, 0.29) is 16.7 Å². The number of anilines is 5. The molecule has 218 valence electrons. The van der Waals surface area contributed by atoms with Crippen LogP contribution in [0.15, 0.2) is 89.9 Å². The first-order valence-corrected chi connectivity index (χ1v) is 13.3. The van der Waals surface area contributed by atoms with Crippen LogP contribution in [0, 0.1) is 18.3 Å². The van der Waals surface area contributed by atoms with Gasteiger partial charge in [0.05, 0.1) is 0 Å². The van der Waals surface area contributed by atoms with Gasteiger partial charge in [-0.3, -0.25) is 4.79 Å². The molecule has 0 spiro atoms. The van der Waals surface area contributed by atoms with Crippen molar-refractivity contribution in [3.63, 3.8) is 0 Å². The second-order valence-electron chi connectivity index (χ2n) is 10.2. The Morgan fingerprint density at radius 1 is 0.837 bits per heavy atom. The minimum absolute atomic E-state index is 0.163. The van der Waals surface area contributed by atoms with Crippen LogP contribution in [-0.2, 0) is 4.89 Å². The molecular weight excluding hydrogens is 542 g/mol. The summed E-state index contributed by atoms with van der Waals surface area (Å²) in [7, 11) is 8.04. The fourth-order valence-corrected chi connectivity index (χ4v) is 4.56. The maximum atomic E-state index is 12.6. The van der Waals surface area contributed by atoms with Gasteiger partial charge in [-0.2, -0.15) is 5.26 Å². The van der Waals surface area contributed by atoms with E-state index in [0.717, 1.165) is 34.0 Å². The molecule has 9 heteroatoms. The van der Waals surface area contributed by atoms with Crippen LogP contribution < -0.4 is 20.3 Å². The lowest BCUT2D eigenvalue weighted by atomic mass is 10.0. The van der Waals surface area contributed by atoms with E-state index in [1.807, 2.05) is 58.5 Å². The molecule has 0 aliphatic rings. The summed E-state index contributed by atoms with van der Waals surface area (Å²) < 4.78 is 0.624. The van der Waals surface area contributed by atoms with Gasteiger partial charge in [-0.1, -0.05) is 12.1 Å². The standard InChI is InChI=1S/C34H33N5O4/c1-23-31(33(40)38(24(2)43-42)34(41)32(23)22-35)9-7-8-25-10-12-28(13-11-25)39(29-18-14-26(15-19-29)36(3)4)30-20-16-27(17-21-30)37(5)6/h8-21,40,42H,2H2,1,3-6H3. The molecule has 1 aromatic heterocycles.